The second-order valence-electron chi connectivity index (χ2n) is 4.51. The van der Waals surface area contributed by atoms with Crippen LogP contribution >= 0.6 is 0 Å². The van der Waals surface area contributed by atoms with E-state index in [-0.39, 0.29) is 5.78 Å². The molecule has 0 fully saturated rings. The summed E-state index contributed by atoms with van der Waals surface area (Å²) in [5, 5.41) is 0. The van der Waals surface area contributed by atoms with Gasteiger partial charge in [-0.15, -0.1) is 0 Å². The number of rotatable bonds is 10. The number of unbranched alkanes of at least 4 members (excludes halogenated alkanes) is 1. The van der Waals surface area contributed by atoms with Crippen LogP contribution < -0.4 is 0 Å². The Bertz CT molecular complexity index is 257. The van der Waals surface area contributed by atoms with Crippen molar-refractivity contribution in [1.29, 1.82) is 0 Å². The van der Waals surface area contributed by atoms with E-state index in [1.54, 1.807) is 0 Å². The minimum atomic E-state index is -1.03. The molecule has 18 heavy (non-hydrogen) atoms. The summed E-state index contributed by atoms with van der Waals surface area (Å²) < 4.78 is 0. The minimum absolute atomic E-state index is 0.0425. The van der Waals surface area contributed by atoms with Crippen molar-refractivity contribution < 1.29 is 19.4 Å². The van der Waals surface area contributed by atoms with Crippen LogP contribution in [0.1, 0.15) is 66.2 Å². The molecular weight excluding hydrogens is 232 g/mol. The van der Waals surface area contributed by atoms with Gasteiger partial charge in [0, 0.05) is 6.42 Å². The Balaban J connectivity index is 4.56. The predicted molar refractivity (Wildman–Crippen MR) is 69.9 cm³/mol. The van der Waals surface area contributed by atoms with Crippen LogP contribution in [0.25, 0.3) is 0 Å². The molecule has 0 spiro atoms. The van der Waals surface area contributed by atoms with Gasteiger partial charge in [-0.05, 0) is 25.7 Å². The fourth-order valence-electron chi connectivity index (χ4n) is 1.89. The fraction of sp³-hybridized carbons (Fsp3) is 0.857. The van der Waals surface area contributed by atoms with E-state index in [0.29, 0.717) is 25.9 Å². The van der Waals surface area contributed by atoms with Gasteiger partial charge in [-0.3, -0.25) is 9.68 Å². The van der Waals surface area contributed by atoms with Crippen LogP contribution in [0.15, 0.2) is 0 Å². The molecule has 0 heterocycles. The normalized spacial score (nSPS) is 11.3. The zero-order valence-electron chi connectivity index (χ0n) is 12.1. The highest BCUT2D eigenvalue weighted by Gasteiger charge is 2.43. The molecule has 0 aliphatic rings. The quantitative estimate of drug-likeness (QED) is 0.261. The lowest BCUT2D eigenvalue weighted by atomic mass is 9.77. The summed E-state index contributed by atoms with van der Waals surface area (Å²) in [6.07, 6.45) is 3.87. The maximum absolute atomic E-state index is 12.1. The van der Waals surface area contributed by atoms with Gasteiger partial charge in [0.1, 0.15) is 11.2 Å². The third kappa shape index (κ3) is 4.41. The standard InChI is InChI=1S/C14H26O4/c1-5-9-11-17-18-13(16)14(7-3,8-4)12(15)10-6-2/h5-11H2,1-4H3. The summed E-state index contributed by atoms with van der Waals surface area (Å²) in [4.78, 5) is 33.8. The highest BCUT2D eigenvalue weighted by atomic mass is 17.2. The molecular formula is C14H26O4. The van der Waals surface area contributed by atoms with Crippen LogP contribution in [-0.4, -0.2) is 18.4 Å². The molecule has 4 heteroatoms. The zero-order chi connectivity index (χ0) is 14.0. The summed E-state index contributed by atoms with van der Waals surface area (Å²) in [5.74, 6) is -0.582. The summed E-state index contributed by atoms with van der Waals surface area (Å²) >= 11 is 0. The van der Waals surface area contributed by atoms with Gasteiger partial charge in [0.2, 0.25) is 0 Å². The largest absolute Gasteiger partial charge is 0.355 e. The molecule has 4 nitrogen and oxygen atoms in total. The van der Waals surface area contributed by atoms with Crippen LogP contribution in [0.2, 0.25) is 0 Å². The fourth-order valence-corrected chi connectivity index (χ4v) is 1.89. The predicted octanol–water partition coefficient (Wildman–Crippen LogP) is 3.44. The second kappa shape index (κ2) is 9.09. The maximum Gasteiger partial charge on any atom is 0.355 e. The second-order valence-corrected chi connectivity index (χ2v) is 4.51. The smallest absolute Gasteiger partial charge is 0.298 e. The van der Waals surface area contributed by atoms with E-state index < -0.39 is 11.4 Å². The first-order valence-corrected chi connectivity index (χ1v) is 6.96. The lowest BCUT2D eigenvalue weighted by Crippen LogP contribution is -2.39. The van der Waals surface area contributed by atoms with Gasteiger partial charge in [-0.25, -0.2) is 4.79 Å². The van der Waals surface area contributed by atoms with Crippen LogP contribution in [0.4, 0.5) is 0 Å². The zero-order valence-corrected chi connectivity index (χ0v) is 12.1. The van der Waals surface area contributed by atoms with Gasteiger partial charge in [0.05, 0.1) is 6.61 Å². The molecule has 0 amide bonds. The molecule has 0 unspecified atom stereocenters. The Labute approximate surface area is 110 Å². The highest BCUT2D eigenvalue weighted by molar-refractivity contribution is 6.03. The third-order valence-electron chi connectivity index (χ3n) is 3.32. The molecule has 0 saturated heterocycles. The molecule has 106 valence electrons. The Morgan fingerprint density at radius 3 is 2.06 bits per heavy atom. The number of Topliss-reactive ketones (excluding diaryl/α,β-unsaturated/α-hetero) is 1. The molecule has 0 aromatic carbocycles. The molecule has 0 saturated carbocycles. The van der Waals surface area contributed by atoms with Gasteiger partial charge in [-0.2, -0.15) is 4.89 Å². The van der Waals surface area contributed by atoms with E-state index in [4.69, 9.17) is 9.78 Å². The highest BCUT2D eigenvalue weighted by Crippen LogP contribution is 2.31. The van der Waals surface area contributed by atoms with E-state index in [0.717, 1.165) is 19.3 Å². The monoisotopic (exact) mass is 258 g/mol. The molecule has 0 rings (SSSR count). The third-order valence-corrected chi connectivity index (χ3v) is 3.32. The van der Waals surface area contributed by atoms with Gasteiger partial charge >= 0.3 is 5.97 Å². The first kappa shape index (κ1) is 17.1. The number of carbonyl (C=O) groups is 2. The van der Waals surface area contributed by atoms with Crippen molar-refractivity contribution in [2.24, 2.45) is 5.41 Å². The first-order chi connectivity index (χ1) is 8.58. The molecule has 0 bridgehead atoms. The average molecular weight is 258 g/mol. The molecule has 0 N–H and O–H groups in total. The van der Waals surface area contributed by atoms with Crippen molar-refractivity contribution >= 4 is 11.8 Å². The van der Waals surface area contributed by atoms with Gasteiger partial charge in [-0.1, -0.05) is 34.1 Å². The topological polar surface area (TPSA) is 52.6 Å². The summed E-state index contributed by atoms with van der Waals surface area (Å²) in [5.41, 5.74) is -1.03. The van der Waals surface area contributed by atoms with Crippen LogP contribution in [-0.2, 0) is 19.4 Å². The minimum Gasteiger partial charge on any atom is -0.298 e. The van der Waals surface area contributed by atoms with Crippen molar-refractivity contribution in [2.75, 3.05) is 6.61 Å². The first-order valence-electron chi connectivity index (χ1n) is 6.96. The lowest BCUT2D eigenvalue weighted by Gasteiger charge is -2.26. The van der Waals surface area contributed by atoms with Crippen LogP contribution in [0.3, 0.4) is 0 Å². The van der Waals surface area contributed by atoms with Gasteiger partial charge < -0.3 is 0 Å². The summed E-state index contributed by atoms with van der Waals surface area (Å²) in [7, 11) is 0. The Morgan fingerprint density at radius 2 is 1.61 bits per heavy atom. The van der Waals surface area contributed by atoms with Crippen molar-refractivity contribution in [1.82, 2.24) is 0 Å². The van der Waals surface area contributed by atoms with Crippen molar-refractivity contribution in [3.8, 4) is 0 Å². The van der Waals surface area contributed by atoms with Gasteiger partial charge in [0.15, 0.2) is 0 Å². The number of hydrogen-bond acceptors (Lipinski definition) is 4. The molecule has 0 aliphatic carbocycles. The molecule has 0 aliphatic heterocycles. The van der Waals surface area contributed by atoms with E-state index in [1.807, 2.05) is 27.7 Å². The van der Waals surface area contributed by atoms with E-state index in [2.05, 4.69) is 0 Å². The molecule has 0 aromatic heterocycles. The molecule has 0 aromatic rings. The van der Waals surface area contributed by atoms with Crippen molar-refractivity contribution in [2.45, 2.75) is 66.2 Å². The number of carbonyl (C=O) groups excluding carboxylic acids is 2. The molecule has 0 radical (unpaired) electrons. The Morgan fingerprint density at radius 1 is 1.00 bits per heavy atom. The van der Waals surface area contributed by atoms with E-state index in [1.165, 1.54) is 0 Å². The average Bonchev–Trinajstić information content (AvgIpc) is 2.37. The Hall–Kier alpha value is -0.900. The molecule has 0 atom stereocenters. The lowest BCUT2D eigenvalue weighted by molar-refractivity contribution is -0.280. The van der Waals surface area contributed by atoms with E-state index in [9.17, 15) is 9.59 Å². The SMILES string of the molecule is CCCCOOC(=O)C(CC)(CC)C(=O)CCC. The van der Waals surface area contributed by atoms with Crippen molar-refractivity contribution in [3.63, 3.8) is 0 Å². The van der Waals surface area contributed by atoms with Crippen LogP contribution in [0, 0.1) is 5.41 Å². The van der Waals surface area contributed by atoms with Crippen LogP contribution in [0.5, 0.6) is 0 Å². The van der Waals surface area contributed by atoms with Gasteiger partial charge in [0.25, 0.3) is 0 Å². The number of hydrogen-bond donors (Lipinski definition) is 0. The summed E-state index contributed by atoms with van der Waals surface area (Å²) in [6.45, 7) is 8.01. The number of ketones is 1. The Kier molecular flexibility index (Phi) is 8.63. The maximum atomic E-state index is 12.1. The van der Waals surface area contributed by atoms with Crippen molar-refractivity contribution in [3.05, 3.63) is 0 Å². The summed E-state index contributed by atoms with van der Waals surface area (Å²) in [6, 6.07) is 0. The van der Waals surface area contributed by atoms with E-state index >= 15 is 0 Å².